The Morgan fingerprint density at radius 3 is 2.23 bits per heavy atom. The van der Waals surface area contributed by atoms with Gasteiger partial charge < -0.3 is 20.1 Å². The number of methoxy groups -OCH3 is 2. The summed E-state index contributed by atoms with van der Waals surface area (Å²) in [6.45, 7) is 1.35. The largest absolute Gasteiger partial charge is 0.493 e. The second-order valence-corrected chi connectivity index (χ2v) is 6.56. The van der Waals surface area contributed by atoms with Crippen LogP contribution >= 0.6 is 22.6 Å². The summed E-state index contributed by atoms with van der Waals surface area (Å²) in [7, 11) is 3.08. The van der Waals surface area contributed by atoms with Crippen LogP contribution in [0.4, 0.5) is 5.69 Å². The minimum atomic E-state index is -0.420. The number of amides is 2. The molecule has 0 saturated heterocycles. The molecule has 2 aromatic rings. The number of anilines is 1. The van der Waals surface area contributed by atoms with Crippen molar-refractivity contribution in [2.75, 3.05) is 19.5 Å². The molecule has 0 bridgehead atoms. The van der Waals surface area contributed by atoms with Gasteiger partial charge >= 0.3 is 0 Å². The van der Waals surface area contributed by atoms with Crippen molar-refractivity contribution >= 4 is 46.2 Å². The van der Waals surface area contributed by atoms with E-state index in [1.807, 2.05) is 12.1 Å². The van der Waals surface area contributed by atoms with E-state index in [0.29, 0.717) is 22.7 Å². The summed E-state index contributed by atoms with van der Waals surface area (Å²) < 4.78 is 11.5. The first-order valence-electron chi connectivity index (χ1n) is 7.71. The first-order valence-corrected chi connectivity index (χ1v) is 8.79. The fourth-order valence-corrected chi connectivity index (χ4v) is 2.55. The number of benzene rings is 2. The third-order valence-electron chi connectivity index (χ3n) is 3.38. The fourth-order valence-electron chi connectivity index (χ4n) is 2.19. The average Bonchev–Trinajstić information content (AvgIpc) is 2.62. The van der Waals surface area contributed by atoms with Gasteiger partial charge in [0.25, 0.3) is 5.91 Å². The lowest BCUT2D eigenvalue weighted by atomic mass is 10.1. The summed E-state index contributed by atoms with van der Waals surface area (Å²) in [6, 6.07) is 12.6. The highest BCUT2D eigenvalue weighted by atomic mass is 127. The van der Waals surface area contributed by atoms with Gasteiger partial charge in [-0.3, -0.25) is 9.59 Å². The van der Waals surface area contributed by atoms with Crippen molar-refractivity contribution in [3.8, 4) is 11.5 Å². The number of rotatable bonds is 6. The van der Waals surface area contributed by atoms with Crippen LogP contribution < -0.4 is 20.1 Å². The zero-order chi connectivity index (χ0) is 19.1. The smallest absolute Gasteiger partial charge is 0.272 e. The van der Waals surface area contributed by atoms with Crippen molar-refractivity contribution in [3.05, 3.63) is 57.3 Å². The molecule has 7 heteroatoms. The standard InChI is InChI=1S/C19H19IN2O4/c1-12(23)21-16(19(24)22-15-7-5-14(20)6-8-15)10-13-4-9-17(25-2)18(11-13)26-3/h4-11H,1-3H3,(H,21,23)(H,22,24). The summed E-state index contributed by atoms with van der Waals surface area (Å²) in [5.74, 6) is 0.348. The van der Waals surface area contributed by atoms with E-state index in [1.54, 1.807) is 43.5 Å². The van der Waals surface area contributed by atoms with Gasteiger partial charge in [-0.15, -0.1) is 0 Å². The Labute approximate surface area is 165 Å². The predicted molar refractivity (Wildman–Crippen MR) is 109 cm³/mol. The molecule has 26 heavy (non-hydrogen) atoms. The lowest BCUT2D eigenvalue weighted by Crippen LogP contribution is -2.28. The zero-order valence-electron chi connectivity index (χ0n) is 14.6. The molecule has 2 rings (SSSR count). The van der Waals surface area contributed by atoms with E-state index in [2.05, 4.69) is 33.2 Å². The summed E-state index contributed by atoms with van der Waals surface area (Å²) in [5.41, 5.74) is 1.45. The van der Waals surface area contributed by atoms with Crippen molar-refractivity contribution in [2.45, 2.75) is 6.92 Å². The van der Waals surface area contributed by atoms with E-state index in [4.69, 9.17) is 9.47 Å². The molecule has 2 amide bonds. The van der Waals surface area contributed by atoms with Crippen LogP contribution in [0.2, 0.25) is 0 Å². The summed E-state index contributed by atoms with van der Waals surface area (Å²) >= 11 is 2.18. The van der Waals surface area contributed by atoms with Crippen molar-refractivity contribution in [1.82, 2.24) is 5.32 Å². The Bertz CT molecular complexity index is 832. The lowest BCUT2D eigenvalue weighted by Gasteiger charge is -2.11. The number of carbonyl (C=O) groups excluding carboxylic acids is 2. The minimum Gasteiger partial charge on any atom is -0.493 e. The number of ether oxygens (including phenoxy) is 2. The van der Waals surface area contributed by atoms with Crippen molar-refractivity contribution < 1.29 is 19.1 Å². The SMILES string of the molecule is COc1ccc(C=C(NC(C)=O)C(=O)Nc2ccc(I)cc2)cc1OC. The Balaban J connectivity index is 2.30. The van der Waals surface area contributed by atoms with Crippen LogP contribution in [-0.2, 0) is 9.59 Å². The molecule has 2 N–H and O–H groups in total. The van der Waals surface area contributed by atoms with E-state index in [9.17, 15) is 9.59 Å². The van der Waals surface area contributed by atoms with E-state index < -0.39 is 5.91 Å². The Morgan fingerprint density at radius 1 is 1.00 bits per heavy atom. The molecule has 0 unspecified atom stereocenters. The van der Waals surface area contributed by atoms with Gasteiger partial charge in [0.2, 0.25) is 5.91 Å². The van der Waals surface area contributed by atoms with E-state index in [0.717, 1.165) is 3.57 Å². The summed E-state index contributed by atoms with van der Waals surface area (Å²) in [4.78, 5) is 24.1. The van der Waals surface area contributed by atoms with E-state index in [1.165, 1.54) is 14.0 Å². The van der Waals surface area contributed by atoms with Crippen LogP contribution in [0.15, 0.2) is 48.2 Å². The van der Waals surface area contributed by atoms with Gasteiger partial charge in [-0.25, -0.2) is 0 Å². The molecular formula is C19H19IN2O4. The summed E-state index contributed by atoms with van der Waals surface area (Å²) in [6.07, 6.45) is 1.57. The van der Waals surface area contributed by atoms with Gasteiger partial charge in [0.05, 0.1) is 14.2 Å². The second-order valence-electron chi connectivity index (χ2n) is 5.31. The number of carbonyl (C=O) groups is 2. The molecule has 0 atom stereocenters. The van der Waals surface area contributed by atoms with E-state index >= 15 is 0 Å². The molecule has 0 spiro atoms. The van der Waals surface area contributed by atoms with Gasteiger partial charge in [-0.05, 0) is 70.6 Å². The predicted octanol–water partition coefficient (Wildman–Crippen LogP) is 3.42. The normalized spacial score (nSPS) is 10.8. The van der Waals surface area contributed by atoms with Gasteiger partial charge in [-0.1, -0.05) is 6.07 Å². The maximum absolute atomic E-state index is 12.6. The van der Waals surface area contributed by atoms with Crippen LogP contribution in [0, 0.1) is 3.57 Å². The highest BCUT2D eigenvalue weighted by Gasteiger charge is 2.13. The van der Waals surface area contributed by atoms with E-state index in [-0.39, 0.29) is 11.6 Å². The van der Waals surface area contributed by atoms with Gasteiger partial charge in [0.15, 0.2) is 11.5 Å². The quantitative estimate of drug-likeness (QED) is 0.506. The van der Waals surface area contributed by atoms with Crippen LogP contribution in [0.5, 0.6) is 11.5 Å². The molecule has 0 heterocycles. The van der Waals surface area contributed by atoms with Crippen LogP contribution in [0.3, 0.4) is 0 Å². The minimum absolute atomic E-state index is 0.128. The maximum Gasteiger partial charge on any atom is 0.272 e. The summed E-state index contributed by atoms with van der Waals surface area (Å²) in [5, 5.41) is 5.33. The van der Waals surface area contributed by atoms with Crippen LogP contribution in [0.1, 0.15) is 12.5 Å². The van der Waals surface area contributed by atoms with Gasteiger partial charge in [-0.2, -0.15) is 0 Å². The number of halogens is 1. The van der Waals surface area contributed by atoms with Crippen molar-refractivity contribution in [1.29, 1.82) is 0 Å². The third-order valence-corrected chi connectivity index (χ3v) is 4.10. The van der Waals surface area contributed by atoms with Crippen molar-refractivity contribution in [3.63, 3.8) is 0 Å². The third kappa shape index (κ3) is 5.48. The Morgan fingerprint density at radius 2 is 1.65 bits per heavy atom. The number of hydrogen-bond donors (Lipinski definition) is 2. The number of nitrogens with one attached hydrogen (secondary N) is 2. The molecule has 2 aromatic carbocycles. The molecule has 0 radical (unpaired) electrons. The number of hydrogen-bond acceptors (Lipinski definition) is 4. The lowest BCUT2D eigenvalue weighted by molar-refractivity contribution is -0.120. The highest BCUT2D eigenvalue weighted by Crippen LogP contribution is 2.28. The molecule has 0 fully saturated rings. The zero-order valence-corrected chi connectivity index (χ0v) is 16.8. The Kier molecular flexibility index (Phi) is 7.02. The van der Waals surface area contributed by atoms with Crippen molar-refractivity contribution in [2.24, 2.45) is 0 Å². The monoisotopic (exact) mass is 466 g/mol. The molecule has 0 aliphatic carbocycles. The molecule has 136 valence electrons. The van der Waals surface area contributed by atoms with Crippen LogP contribution in [0.25, 0.3) is 6.08 Å². The second kappa shape index (κ2) is 9.23. The molecule has 0 saturated carbocycles. The van der Waals surface area contributed by atoms with Gasteiger partial charge in [0, 0.05) is 16.2 Å². The first-order chi connectivity index (χ1) is 12.4. The van der Waals surface area contributed by atoms with Crippen LogP contribution in [-0.4, -0.2) is 26.0 Å². The molecule has 6 nitrogen and oxygen atoms in total. The van der Waals surface area contributed by atoms with Gasteiger partial charge in [0.1, 0.15) is 5.70 Å². The molecular weight excluding hydrogens is 447 g/mol. The fraction of sp³-hybridized carbons (Fsp3) is 0.158. The molecule has 0 aromatic heterocycles. The molecule has 0 aliphatic rings. The average molecular weight is 466 g/mol. The first kappa shape index (κ1) is 19.8. The highest BCUT2D eigenvalue weighted by molar-refractivity contribution is 14.1. The maximum atomic E-state index is 12.6. The Hall–Kier alpha value is -2.55. The molecule has 0 aliphatic heterocycles. The topological polar surface area (TPSA) is 76.7 Å².